The number of hydrogen-bond donors (Lipinski definition) is 2. The van der Waals surface area contributed by atoms with Crippen LogP contribution in [-0.2, 0) is 11.2 Å². The summed E-state index contributed by atoms with van der Waals surface area (Å²) in [6.45, 7) is 2.13. The smallest absolute Gasteiger partial charge is 0.325 e. The van der Waals surface area contributed by atoms with Crippen molar-refractivity contribution in [2.45, 2.75) is 25.8 Å². The summed E-state index contributed by atoms with van der Waals surface area (Å²) in [6, 6.07) is 7.12. The molecule has 0 heterocycles. The van der Waals surface area contributed by atoms with Crippen LogP contribution in [0, 0.1) is 0 Å². The molecule has 1 atom stereocenters. The molecule has 0 aliphatic heterocycles. The van der Waals surface area contributed by atoms with E-state index in [1.54, 1.807) is 7.05 Å². The normalized spacial score (nSPS) is 12.4. The molecule has 82 valence electrons. The van der Waals surface area contributed by atoms with Gasteiger partial charge in [-0.25, -0.2) is 0 Å². The van der Waals surface area contributed by atoms with E-state index >= 15 is 0 Å². The molecule has 1 rings (SSSR count). The Bertz CT molecular complexity index is 319. The fourth-order valence-corrected chi connectivity index (χ4v) is 1.60. The maximum atomic E-state index is 10.9. The second kappa shape index (κ2) is 5.51. The van der Waals surface area contributed by atoms with Gasteiger partial charge in [-0.1, -0.05) is 37.6 Å². The molecule has 0 saturated carbocycles. The van der Waals surface area contributed by atoms with Gasteiger partial charge in [0, 0.05) is 0 Å². The van der Waals surface area contributed by atoms with Crippen molar-refractivity contribution in [3.8, 4) is 0 Å². The third-order valence-electron chi connectivity index (χ3n) is 2.39. The Kier molecular flexibility index (Phi) is 4.31. The molecule has 2 N–H and O–H groups in total. The first-order valence-corrected chi connectivity index (χ1v) is 5.18. The summed E-state index contributed by atoms with van der Waals surface area (Å²) in [4.78, 5) is 10.9. The zero-order valence-electron chi connectivity index (χ0n) is 9.16. The number of carboxylic acids is 1. The first-order valence-electron chi connectivity index (χ1n) is 5.18. The van der Waals surface area contributed by atoms with Crippen molar-refractivity contribution < 1.29 is 9.90 Å². The zero-order valence-corrected chi connectivity index (χ0v) is 9.16. The predicted octanol–water partition coefficient (Wildman–Crippen LogP) is 1.98. The molecule has 1 unspecified atom stereocenters. The highest BCUT2D eigenvalue weighted by molar-refractivity contribution is 5.75. The third-order valence-corrected chi connectivity index (χ3v) is 2.39. The van der Waals surface area contributed by atoms with Gasteiger partial charge in [0.15, 0.2) is 0 Å². The van der Waals surface area contributed by atoms with Crippen LogP contribution in [-0.4, -0.2) is 18.1 Å². The van der Waals surface area contributed by atoms with Crippen molar-refractivity contribution in [2.75, 3.05) is 7.05 Å². The van der Waals surface area contributed by atoms with E-state index in [1.165, 1.54) is 5.56 Å². The highest BCUT2D eigenvalue weighted by Gasteiger charge is 2.16. The van der Waals surface area contributed by atoms with Gasteiger partial charge in [0.1, 0.15) is 6.04 Å². The molecule has 0 aliphatic carbocycles. The van der Waals surface area contributed by atoms with Crippen LogP contribution in [0.4, 0.5) is 0 Å². The minimum atomic E-state index is -0.847. The molecule has 1 aromatic carbocycles. The number of benzene rings is 1. The van der Waals surface area contributed by atoms with Crippen LogP contribution in [0.3, 0.4) is 0 Å². The standard InChI is InChI=1S/C12H17NO2/c1-3-4-9-5-7-10(8-6-9)11(13-2)12(14)15/h5-8,11,13H,3-4H2,1-2H3,(H,14,15). The van der Waals surface area contributed by atoms with E-state index in [0.29, 0.717) is 0 Å². The van der Waals surface area contributed by atoms with Gasteiger partial charge in [-0.05, 0) is 24.6 Å². The highest BCUT2D eigenvalue weighted by atomic mass is 16.4. The molecule has 3 heteroatoms. The van der Waals surface area contributed by atoms with Crippen LogP contribution in [0.25, 0.3) is 0 Å². The molecule has 3 nitrogen and oxygen atoms in total. The summed E-state index contributed by atoms with van der Waals surface area (Å²) < 4.78 is 0. The van der Waals surface area contributed by atoms with Crippen LogP contribution >= 0.6 is 0 Å². The SMILES string of the molecule is CCCc1ccc(C(NC)C(=O)O)cc1. The Balaban J connectivity index is 2.82. The zero-order chi connectivity index (χ0) is 11.3. The first-order chi connectivity index (χ1) is 7.19. The number of hydrogen-bond acceptors (Lipinski definition) is 2. The van der Waals surface area contributed by atoms with Crippen molar-refractivity contribution in [2.24, 2.45) is 0 Å². The van der Waals surface area contributed by atoms with Crippen LogP contribution in [0.1, 0.15) is 30.5 Å². The topological polar surface area (TPSA) is 49.3 Å². The summed E-state index contributed by atoms with van der Waals surface area (Å²) in [7, 11) is 1.65. The molecule has 0 fully saturated rings. The number of aryl methyl sites for hydroxylation is 1. The summed E-state index contributed by atoms with van der Waals surface area (Å²) in [6.07, 6.45) is 2.14. The summed E-state index contributed by atoms with van der Waals surface area (Å²) >= 11 is 0. The van der Waals surface area contributed by atoms with Crippen LogP contribution in [0.15, 0.2) is 24.3 Å². The van der Waals surface area contributed by atoms with E-state index in [1.807, 2.05) is 24.3 Å². The highest BCUT2D eigenvalue weighted by Crippen LogP contribution is 2.14. The van der Waals surface area contributed by atoms with E-state index in [-0.39, 0.29) is 0 Å². The molecule has 0 radical (unpaired) electrons. The molecule has 0 aliphatic rings. The van der Waals surface area contributed by atoms with Crippen molar-refractivity contribution >= 4 is 5.97 Å². The number of carbonyl (C=O) groups is 1. The van der Waals surface area contributed by atoms with E-state index in [0.717, 1.165) is 18.4 Å². The molecular formula is C12H17NO2. The van der Waals surface area contributed by atoms with Crippen molar-refractivity contribution in [3.05, 3.63) is 35.4 Å². The molecule has 0 saturated heterocycles. The molecule has 0 bridgehead atoms. The number of rotatable bonds is 5. The van der Waals surface area contributed by atoms with Gasteiger partial charge in [0.25, 0.3) is 0 Å². The lowest BCUT2D eigenvalue weighted by Gasteiger charge is -2.11. The van der Waals surface area contributed by atoms with E-state index in [4.69, 9.17) is 5.11 Å². The molecule has 0 amide bonds. The minimum absolute atomic E-state index is 0.610. The Morgan fingerprint density at radius 3 is 2.40 bits per heavy atom. The largest absolute Gasteiger partial charge is 0.480 e. The van der Waals surface area contributed by atoms with Crippen molar-refractivity contribution in [3.63, 3.8) is 0 Å². The lowest BCUT2D eigenvalue weighted by Crippen LogP contribution is -2.24. The fraction of sp³-hybridized carbons (Fsp3) is 0.417. The van der Waals surface area contributed by atoms with Gasteiger partial charge in [-0.2, -0.15) is 0 Å². The van der Waals surface area contributed by atoms with Gasteiger partial charge in [0.2, 0.25) is 0 Å². The fourth-order valence-electron chi connectivity index (χ4n) is 1.60. The second-order valence-electron chi connectivity index (χ2n) is 3.55. The molecule has 0 aromatic heterocycles. The monoisotopic (exact) mass is 207 g/mol. The number of aliphatic carboxylic acids is 1. The van der Waals surface area contributed by atoms with Gasteiger partial charge in [-0.15, -0.1) is 0 Å². The van der Waals surface area contributed by atoms with Crippen LogP contribution in [0.5, 0.6) is 0 Å². The lowest BCUT2D eigenvalue weighted by atomic mass is 10.0. The molecule has 1 aromatic rings. The van der Waals surface area contributed by atoms with Gasteiger partial charge < -0.3 is 10.4 Å². The molecule has 0 spiro atoms. The summed E-state index contributed by atoms with van der Waals surface area (Å²) in [5.41, 5.74) is 2.05. The van der Waals surface area contributed by atoms with E-state index in [2.05, 4.69) is 12.2 Å². The van der Waals surface area contributed by atoms with Crippen LogP contribution < -0.4 is 5.32 Å². The van der Waals surface area contributed by atoms with Crippen molar-refractivity contribution in [1.82, 2.24) is 5.32 Å². The third kappa shape index (κ3) is 3.06. The quantitative estimate of drug-likeness (QED) is 0.776. The Morgan fingerprint density at radius 2 is 2.00 bits per heavy atom. The number of nitrogens with one attached hydrogen (secondary N) is 1. The predicted molar refractivity (Wildman–Crippen MR) is 59.9 cm³/mol. The van der Waals surface area contributed by atoms with E-state index in [9.17, 15) is 4.79 Å². The van der Waals surface area contributed by atoms with Gasteiger partial charge in [-0.3, -0.25) is 4.79 Å². The Labute approximate surface area is 90.1 Å². The average molecular weight is 207 g/mol. The lowest BCUT2D eigenvalue weighted by molar-refractivity contribution is -0.139. The molecule has 15 heavy (non-hydrogen) atoms. The number of likely N-dealkylation sites (N-methyl/N-ethyl adjacent to an activating group) is 1. The maximum absolute atomic E-state index is 10.9. The second-order valence-corrected chi connectivity index (χ2v) is 3.55. The van der Waals surface area contributed by atoms with Crippen molar-refractivity contribution in [1.29, 1.82) is 0 Å². The molecular weight excluding hydrogens is 190 g/mol. The summed E-state index contributed by atoms with van der Waals surface area (Å²) in [5.74, 6) is -0.847. The van der Waals surface area contributed by atoms with E-state index < -0.39 is 12.0 Å². The average Bonchev–Trinajstić information content (AvgIpc) is 2.21. The summed E-state index contributed by atoms with van der Waals surface area (Å²) in [5, 5.41) is 11.7. The minimum Gasteiger partial charge on any atom is -0.480 e. The number of carboxylic acid groups (broad SMARTS) is 1. The van der Waals surface area contributed by atoms with Crippen LogP contribution in [0.2, 0.25) is 0 Å². The Hall–Kier alpha value is -1.35. The maximum Gasteiger partial charge on any atom is 0.325 e. The van der Waals surface area contributed by atoms with Gasteiger partial charge >= 0.3 is 5.97 Å². The van der Waals surface area contributed by atoms with Gasteiger partial charge in [0.05, 0.1) is 0 Å². The first kappa shape index (κ1) is 11.7. The Morgan fingerprint density at radius 1 is 1.40 bits per heavy atom.